The van der Waals surface area contributed by atoms with Gasteiger partial charge in [-0.15, -0.1) is 12.3 Å². The van der Waals surface area contributed by atoms with Gasteiger partial charge < -0.3 is 10.2 Å². The van der Waals surface area contributed by atoms with E-state index in [9.17, 15) is 4.79 Å². The Bertz CT molecular complexity index is 622. The highest BCUT2D eigenvalue weighted by Crippen LogP contribution is 2.37. The van der Waals surface area contributed by atoms with Crippen molar-refractivity contribution in [3.63, 3.8) is 0 Å². The van der Waals surface area contributed by atoms with Crippen molar-refractivity contribution >= 4 is 5.91 Å². The third-order valence-electron chi connectivity index (χ3n) is 4.38. The summed E-state index contributed by atoms with van der Waals surface area (Å²) in [5.41, 5.74) is 2.04. The van der Waals surface area contributed by atoms with Gasteiger partial charge in [-0.05, 0) is 26.6 Å². The number of aryl methyl sites for hydroxylation is 1. The SMILES string of the molecule is C#CCCC1(CCC(=O)NCC(c2ccc(C)cc2)N(C)C)N=N1. The topological polar surface area (TPSA) is 57.1 Å². The lowest BCUT2D eigenvalue weighted by molar-refractivity contribution is -0.121. The fraction of sp³-hybridized carbons (Fsp3) is 0.526. The van der Waals surface area contributed by atoms with Crippen molar-refractivity contribution in [2.75, 3.05) is 20.6 Å². The molecule has 1 unspecified atom stereocenters. The molecule has 1 atom stereocenters. The summed E-state index contributed by atoms with van der Waals surface area (Å²) in [5.74, 6) is 2.63. The van der Waals surface area contributed by atoms with Gasteiger partial charge in [-0.2, -0.15) is 10.2 Å². The van der Waals surface area contributed by atoms with E-state index in [1.54, 1.807) is 0 Å². The fourth-order valence-electron chi connectivity index (χ4n) is 2.67. The van der Waals surface area contributed by atoms with E-state index in [2.05, 4.69) is 57.6 Å². The second-order valence-corrected chi connectivity index (χ2v) is 6.58. The minimum Gasteiger partial charge on any atom is -0.354 e. The van der Waals surface area contributed by atoms with E-state index in [-0.39, 0.29) is 17.6 Å². The molecule has 1 aliphatic heterocycles. The van der Waals surface area contributed by atoms with Crippen molar-refractivity contribution in [1.29, 1.82) is 0 Å². The highest BCUT2D eigenvalue weighted by molar-refractivity contribution is 5.76. The molecule has 1 aromatic rings. The van der Waals surface area contributed by atoms with Crippen LogP contribution in [-0.2, 0) is 4.79 Å². The van der Waals surface area contributed by atoms with Gasteiger partial charge in [0.15, 0.2) is 5.66 Å². The Labute approximate surface area is 144 Å². The summed E-state index contributed by atoms with van der Waals surface area (Å²) >= 11 is 0. The summed E-state index contributed by atoms with van der Waals surface area (Å²) in [6.07, 6.45) is 7.72. The summed E-state index contributed by atoms with van der Waals surface area (Å²) in [6, 6.07) is 8.57. The van der Waals surface area contributed by atoms with Gasteiger partial charge in [0, 0.05) is 32.2 Å². The number of nitrogens with one attached hydrogen (secondary N) is 1. The lowest BCUT2D eigenvalue weighted by Crippen LogP contribution is -2.35. The van der Waals surface area contributed by atoms with Gasteiger partial charge in [0.25, 0.3) is 0 Å². The maximum absolute atomic E-state index is 12.2. The minimum absolute atomic E-state index is 0.0337. The van der Waals surface area contributed by atoms with E-state index in [0.29, 0.717) is 25.8 Å². The standard InChI is InChI=1S/C19H26N4O/c1-5-6-12-19(21-22-19)13-11-18(24)20-14-17(23(3)4)16-9-7-15(2)8-10-16/h1,7-10,17H,6,11-14H2,2-4H3,(H,20,24). The minimum atomic E-state index is -0.387. The lowest BCUT2D eigenvalue weighted by Gasteiger charge is -2.25. The van der Waals surface area contributed by atoms with Crippen LogP contribution in [0.2, 0.25) is 0 Å². The van der Waals surface area contributed by atoms with Crippen molar-refractivity contribution in [3.8, 4) is 12.3 Å². The zero-order valence-electron chi connectivity index (χ0n) is 14.7. The van der Waals surface area contributed by atoms with Crippen molar-refractivity contribution in [2.24, 2.45) is 10.2 Å². The van der Waals surface area contributed by atoms with Gasteiger partial charge >= 0.3 is 0 Å². The number of nitrogens with zero attached hydrogens (tertiary/aromatic N) is 3. The van der Waals surface area contributed by atoms with Gasteiger partial charge in [0.2, 0.25) is 5.91 Å². The third kappa shape index (κ3) is 5.17. The van der Waals surface area contributed by atoms with Gasteiger partial charge in [0.05, 0.1) is 6.04 Å². The molecule has 0 saturated carbocycles. The van der Waals surface area contributed by atoms with E-state index in [0.717, 1.165) is 6.42 Å². The van der Waals surface area contributed by atoms with Crippen LogP contribution in [0.15, 0.2) is 34.5 Å². The monoisotopic (exact) mass is 326 g/mol. The number of likely N-dealkylation sites (N-methyl/N-ethyl adjacent to an activating group) is 1. The summed E-state index contributed by atoms with van der Waals surface area (Å²) in [7, 11) is 4.04. The lowest BCUT2D eigenvalue weighted by atomic mass is 10.0. The van der Waals surface area contributed by atoms with Crippen LogP contribution in [0.4, 0.5) is 0 Å². The molecular weight excluding hydrogens is 300 g/mol. The first-order chi connectivity index (χ1) is 11.5. The second kappa shape index (κ2) is 8.07. The maximum Gasteiger partial charge on any atom is 0.220 e. The summed E-state index contributed by atoms with van der Waals surface area (Å²) in [5, 5.41) is 11.2. The predicted octanol–water partition coefficient (Wildman–Crippen LogP) is 3.07. The smallest absolute Gasteiger partial charge is 0.220 e. The summed E-state index contributed by atoms with van der Waals surface area (Å²) in [6.45, 7) is 2.65. The molecule has 1 aromatic carbocycles. The molecular formula is C19H26N4O. The van der Waals surface area contributed by atoms with Crippen molar-refractivity contribution in [3.05, 3.63) is 35.4 Å². The molecule has 0 aromatic heterocycles. The van der Waals surface area contributed by atoms with E-state index >= 15 is 0 Å². The van der Waals surface area contributed by atoms with Crippen LogP contribution in [0.5, 0.6) is 0 Å². The third-order valence-corrected chi connectivity index (χ3v) is 4.38. The first kappa shape index (κ1) is 18.2. The quantitative estimate of drug-likeness (QED) is 0.709. The molecule has 24 heavy (non-hydrogen) atoms. The molecule has 0 fully saturated rings. The first-order valence-corrected chi connectivity index (χ1v) is 8.33. The second-order valence-electron chi connectivity index (χ2n) is 6.58. The van der Waals surface area contributed by atoms with Crippen LogP contribution in [0.25, 0.3) is 0 Å². The Morgan fingerprint density at radius 2 is 1.96 bits per heavy atom. The average Bonchev–Trinajstić information content (AvgIpc) is 3.33. The molecule has 5 heteroatoms. The van der Waals surface area contributed by atoms with E-state index in [4.69, 9.17) is 6.42 Å². The molecule has 0 spiro atoms. The highest BCUT2D eigenvalue weighted by atomic mass is 16.1. The maximum atomic E-state index is 12.2. The highest BCUT2D eigenvalue weighted by Gasteiger charge is 2.39. The van der Waals surface area contributed by atoms with Crippen molar-refractivity contribution in [1.82, 2.24) is 10.2 Å². The molecule has 128 valence electrons. The molecule has 1 N–H and O–H groups in total. The van der Waals surface area contributed by atoms with Crippen LogP contribution >= 0.6 is 0 Å². The first-order valence-electron chi connectivity index (χ1n) is 8.33. The molecule has 0 aliphatic carbocycles. The molecule has 5 nitrogen and oxygen atoms in total. The Hall–Kier alpha value is -2.19. The Morgan fingerprint density at radius 3 is 2.50 bits per heavy atom. The summed E-state index contributed by atoms with van der Waals surface area (Å²) in [4.78, 5) is 14.3. The van der Waals surface area contributed by atoms with Crippen LogP contribution in [0.3, 0.4) is 0 Å². The number of hydrogen-bond acceptors (Lipinski definition) is 4. The molecule has 2 rings (SSSR count). The van der Waals surface area contributed by atoms with Gasteiger partial charge in [0.1, 0.15) is 0 Å². The molecule has 0 saturated heterocycles. The van der Waals surface area contributed by atoms with E-state index in [1.807, 2.05) is 14.1 Å². The van der Waals surface area contributed by atoms with Crippen LogP contribution < -0.4 is 5.32 Å². The van der Waals surface area contributed by atoms with Crippen LogP contribution in [-0.4, -0.2) is 37.1 Å². The number of hydrogen-bond donors (Lipinski definition) is 1. The number of carbonyl (C=O) groups excluding carboxylic acids is 1. The van der Waals surface area contributed by atoms with Crippen molar-refractivity contribution in [2.45, 2.75) is 44.3 Å². The van der Waals surface area contributed by atoms with Gasteiger partial charge in [-0.25, -0.2) is 0 Å². The summed E-state index contributed by atoms with van der Waals surface area (Å²) < 4.78 is 0. The predicted molar refractivity (Wildman–Crippen MR) is 95.5 cm³/mol. The Balaban J connectivity index is 1.80. The largest absolute Gasteiger partial charge is 0.354 e. The number of carbonyl (C=O) groups is 1. The van der Waals surface area contributed by atoms with Gasteiger partial charge in [-0.3, -0.25) is 4.79 Å². The zero-order valence-corrected chi connectivity index (χ0v) is 14.7. The molecule has 1 heterocycles. The number of amides is 1. The normalized spacial score (nSPS) is 15.8. The van der Waals surface area contributed by atoms with Gasteiger partial charge in [-0.1, -0.05) is 29.8 Å². The zero-order chi connectivity index (χ0) is 17.6. The van der Waals surface area contributed by atoms with E-state index in [1.165, 1.54) is 11.1 Å². The molecule has 1 amide bonds. The van der Waals surface area contributed by atoms with Crippen LogP contribution in [0.1, 0.15) is 42.9 Å². The average molecular weight is 326 g/mol. The molecule has 1 aliphatic rings. The van der Waals surface area contributed by atoms with Crippen molar-refractivity contribution < 1.29 is 4.79 Å². The Morgan fingerprint density at radius 1 is 1.29 bits per heavy atom. The van der Waals surface area contributed by atoms with E-state index < -0.39 is 0 Å². The van der Waals surface area contributed by atoms with Crippen LogP contribution in [0, 0.1) is 19.3 Å². The molecule has 0 radical (unpaired) electrons. The number of rotatable bonds is 9. The Kier molecular flexibility index (Phi) is 6.10. The number of terminal acetylenes is 1. The molecule has 0 bridgehead atoms. The number of benzene rings is 1. The fourth-order valence-corrected chi connectivity index (χ4v) is 2.67.